The van der Waals surface area contributed by atoms with E-state index in [9.17, 15) is 0 Å². The molecule has 0 aromatic heterocycles. The lowest BCUT2D eigenvalue weighted by Crippen LogP contribution is -3.03. The van der Waals surface area contributed by atoms with Crippen molar-refractivity contribution in [1.29, 1.82) is 0 Å². The molecule has 0 spiro atoms. The van der Waals surface area contributed by atoms with Gasteiger partial charge in [-0.15, -0.1) is 0 Å². The van der Waals surface area contributed by atoms with Gasteiger partial charge in [-0.25, -0.2) is 0 Å². The predicted octanol–water partition coefficient (Wildman–Crippen LogP) is -79.7. The van der Waals surface area contributed by atoms with E-state index in [0.717, 1.165) is 0 Å². The van der Waals surface area contributed by atoms with Crippen LogP contribution in [0, 0.1) is 0 Å². The zero-order chi connectivity index (χ0) is 96.6. The molecule has 0 rings (SSSR count). The molecular weight excluding hydrogens is 1320 g/mol. The van der Waals surface area contributed by atoms with Gasteiger partial charge in [-0.05, 0) is 0 Å². The van der Waals surface area contributed by atoms with Gasteiger partial charge in [-0.3, -0.25) is 0 Å². The summed E-state index contributed by atoms with van der Waals surface area (Å²) in [5, 5.41) is 0. The van der Waals surface area contributed by atoms with Crippen molar-refractivity contribution in [2.24, 2.45) is 0 Å². The maximum Gasteiger partial charge on any atom is 0.0552 e. The summed E-state index contributed by atoms with van der Waals surface area (Å²) in [5.41, 5.74) is 0. The van der Waals surface area contributed by atoms with Crippen LogP contribution >= 0.6 is 0 Å². The lowest BCUT2D eigenvalue weighted by atomic mass is 8.17. The topological polar surface area (TPSA) is 0 Å². The Morgan fingerprint density at radius 1 is 0.0410 bits per heavy atom. The lowest BCUT2D eigenvalue weighted by molar-refractivity contribution is 3.11. The molecule has 0 bridgehead atoms. The summed E-state index contributed by atoms with van der Waals surface area (Å²) in [5.74, 6) is 0. The second-order valence-electron chi connectivity index (χ2n) is 55.3. The Balaban J connectivity index is 16.8. The molecule has 0 aromatic rings. The molecule has 122 heavy (non-hydrogen) atoms. The van der Waals surface area contributed by atoms with E-state index in [-0.39, 0.29) is 0 Å². The Hall–Kier alpha value is 7.92. The normalized spacial score (nSPS) is 9.87. The fourth-order valence-electron chi connectivity index (χ4n) is 36.0. The molecule has 0 aliphatic carbocycles. The third-order valence-electron chi connectivity index (χ3n) is 36.3. The van der Waals surface area contributed by atoms with E-state index < -0.39 is 0 Å². The fourth-order valence-corrected chi connectivity index (χ4v) is 36.0. The van der Waals surface area contributed by atoms with Crippen molar-refractivity contribution in [3.05, 3.63) is 0 Å². The number of hydrogen-bond donors (Lipinski definition) is 0. The van der Waals surface area contributed by atoms with Crippen molar-refractivity contribution in [1.82, 2.24) is 0 Å². The molecule has 0 atom stereocenters. The summed E-state index contributed by atoms with van der Waals surface area (Å²) < 4.78 is 0. The standard InChI is InChI=1S/B122H124/c1-63(2)94(64(3)4)109(93(61)62)117(110(95(65(5)6)66(7)8)96(67(9)10)68(11)12)121(118(111(97(69(13)14)70(15)16)98(71(17)18)72(19)20)112(99(73(21)22)74(23)24)100(75(25)26)76(27)28)122(119(113(101(77(29)30)78(31)32)102(79(33)34)80(35)36)114(103(81(37)38)82(39)40)104(83(41)42)84(43)44)120(115(105(85(45)46)86(47)48)106(87(49)50)88(51)52)116(107(89(53)54)90(55)56)108(91(57)58)92(59)60/h1-62H2. The average Bonchev–Trinajstić information content (AvgIpc) is 0.700. The van der Waals surface area contributed by atoms with Crippen LogP contribution in [-0.2, 0) is 0 Å². The van der Waals surface area contributed by atoms with Gasteiger partial charge in [-0.1, -0.05) is 0 Å². The van der Waals surface area contributed by atoms with Gasteiger partial charge in [0.15, 0.2) is 0 Å². The van der Waals surface area contributed by atoms with Gasteiger partial charge in [0.25, 0.3) is 0 Å². The molecule has 0 aliphatic heterocycles. The van der Waals surface area contributed by atoms with Crippen molar-refractivity contribution in [2.75, 3.05) is 0 Å². The van der Waals surface area contributed by atoms with Crippen LogP contribution < -0.4 is 0 Å². The van der Waals surface area contributed by atoms with Crippen molar-refractivity contribution in [3.63, 3.8) is 0 Å². The zero-order valence-corrected chi connectivity index (χ0v) is 96.6. The molecule has 0 saturated carbocycles. The molecule has 0 amide bonds. The molecule has 0 aliphatic rings. The van der Waals surface area contributed by atoms with E-state index in [1.165, 1.54) is 0 Å². The number of rotatable bonds is 59. The van der Waals surface area contributed by atoms with Gasteiger partial charge >= 0.3 is 0 Å². The Kier molecular flexibility index (Phi) is 63.6. The zero-order valence-electron chi connectivity index (χ0n) is 96.6. The smallest absolute Gasteiger partial charge is 0.000000119 e. The summed E-state index contributed by atoms with van der Waals surface area (Å²) in [6, 6.07) is 0. The second kappa shape index (κ2) is 59.7. The van der Waals surface area contributed by atoms with Crippen molar-refractivity contribution >= 4 is 863 Å². The predicted molar refractivity (Wildman–Crippen MR) is 875 cm³/mol. The van der Waals surface area contributed by atoms with Crippen LogP contribution in [0.1, 0.15) is 0 Å². The minimum atomic E-state index is 0.323. The van der Waals surface area contributed by atoms with E-state index in [4.69, 9.17) is 0 Å². The number of hydrogen-bond acceptors (Lipinski definition) is 0. The average molecular weight is 1440 g/mol. The summed E-state index contributed by atoms with van der Waals surface area (Å²) in [6.07, 6.45) is 28.0. The molecule has 490 valence electrons. The highest BCUT2D eigenvalue weighted by atomic mass is 13.5. The lowest BCUT2D eigenvalue weighted by Gasteiger charge is -2.64. The van der Waals surface area contributed by atoms with Crippen LogP contribution in [0.2, 0.25) is 0 Å². The van der Waals surface area contributed by atoms with Gasteiger partial charge in [-0.2, -0.15) is 0 Å². The largest absolute Gasteiger partial charge is 0.0552 e. The highest BCUT2D eigenvalue weighted by Crippen LogP contribution is 2.33. The maximum atomic E-state index is 2.94. The van der Waals surface area contributed by atoms with Gasteiger partial charge in [0.05, 0.1) is 480 Å². The van der Waals surface area contributed by atoms with Gasteiger partial charge < -0.3 is 0 Å². The first kappa shape index (κ1) is 130. The Morgan fingerprint density at radius 3 is 0.123 bits per heavy atom. The Morgan fingerprint density at radius 2 is 0.0738 bits per heavy atom. The van der Waals surface area contributed by atoms with Gasteiger partial charge in [0.1, 0.15) is 0 Å². The molecular formula is H124B122. The van der Waals surface area contributed by atoms with E-state index in [1.807, 2.05) is 0 Å². The molecule has 0 saturated heterocycles. The molecule has 0 unspecified atom stereocenters. The van der Waals surface area contributed by atoms with Crippen molar-refractivity contribution in [3.8, 4) is 0 Å². The third kappa shape index (κ3) is 34.6. The van der Waals surface area contributed by atoms with E-state index in [2.05, 4.69) is 480 Å². The molecule has 0 fully saturated rings. The Bertz CT molecular complexity index is 2150. The maximum absolute atomic E-state index is 2.94. The van der Waals surface area contributed by atoms with E-state index in [0.29, 0.717) is 383 Å². The minimum Gasteiger partial charge on any atom is 0.000000119 e. The highest BCUT2D eigenvalue weighted by molar-refractivity contribution is 8.46. The molecule has 0 aromatic carbocycles. The van der Waals surface area contributed by atoms with Crippen LogP contribution in [0.4, 0.5) is 0 Å². The second-order valence-corrected chi connectivity index (χ2v) is 55.3. The third-order valence-corrected chi connectivity index (χ3v) is 36.3. The van der Waals surface area contributed by atoms with E-state index >= 15 is 0 Å². The van der Waals surface area contributed by atoms with Crippen LogP contribution in [0.5, 0.6) is 0 Å². The Labute approximate surface area is 853 Å². The summed E-state index contributed by atoms with van der Waals surface area (Å²) in [7, 11) is 176. The molecule has 0 radical (unpaired) electrons. The summed E-state index contributed by atoms with van der Waals surface area (Å²) >= 11 is 0. The van der Waals surface area contributed by atoms with Gasteiger partial charge in [0.2, 0.25) is 0 Å². The first-order valence-corrected chi connectivity index (χ1v) is 55.5. The first-order valence-electron chi connectivity index (χ1n) is 55.5. The van der Waals surface area contributed by atoms with Gasteiger partial charge in [0, 0.05) is 383 Å². The minimum absolute atomic E-state index is 0.323. The summed E-state index contributed by atoms with van der Waals surface area (Å²) in [6.45, 7) is 0. The monoisotopic (exact) mass is 1470 g/mol. The highest BCUT2D eigenvalue weighted by Gasteiger charge is 2.72. The van der Waals surface area contributed by atoms with Crippen LogP contribution in [0.25, 0.3) is 0 Å². The van der Waals surface area contributed by atoms with Crippen LogP contribution in [0.3, 0.4) is 0 Å². The van der Waals surface area contributed by atoms with Crippen molar-refractivity contribution < 1.29 is 0 Å². The quantitative estimate of drug-likeness (QED) is 0.0533. The first-order chi connectivity index (χ1) is 55.5. The molecule has 0 nitrogen and oxygen atoms in total. The molecule has 0 heterocycles. The van der Waals surface area contributed by atoms with E-state index in [1.54, 1.807) is 0 Å². The molecule has 122 heteroatoms. The van der Waals surface area contributed by atoms with Crippen LogP contribution in [0.15, 0.2) is 0 Å². The molecule has 0 N–H and O–H groups in total. The van der Waals surface area contributed by atoms with Crippen LogP contribution in [-0.4, -0.2) is 863 Å². The van der Waals surface area contributed by atoms with Crippen molar-refractivity contribution in [2.45, 2.75) is 0 Å². The SMILES string of the molecule is BB(B)B(B(B)B)B(B(B)B)B(B(B(B(B)B)B(B)B)B(B(B)B)B(B)B)B(B(B(B(B(B)B)B(B)B)B(B(B)B)B(B)B)B(B(B(B)B)B(B)B)B(B(B)B)B(B)B)B(B(B(B(B(B)B)B(B)B)B(B(B)B)B(B)B)B(B(B(B)B)B(B)B)B(B(B)B)B(B)B)B(B(B(B(B)B)B(B)B)B(B(B)B)B(B)B)B(B(B(B)B)B(B)B)B(B(B)B)B(B)B. The summed E-state index contributed by atoms with van der Waals surface area (Å²) in [4.78, 5) is 0. The fraction of sp³-hybridized carbons (Fsp3) is 0.